The number of carbonyl (C=O) groups excluding carboxylic acids is 1. The SMILES string of the molecule is CC(C)(C(=O)O)c1ccc(NC(=O)C2CCOc3ccccc32)cc1. The molecule has 0 radical (unpaired) electrons. The Hall–Kier alpha value is -2.82. The van der Waals surface area contributed by atoms with Crippen LogP contribution in [-0.2, 0) is 15.0 Å². The summed E-state index contributed by atoms with van der Waals surface area (Å²) in [6.07, 6.45) is 0.632. The van der Waals surface area contributed by atoms with E-state index in [4.69, 9.17) is 4.74 Å². The Morgan fingerprint density at radius 1 is 1.12 bits per heavy atom. The van der Waals surface area contributed by atoms with Gasteiger partial charge in [-0.25, -0.2) is 0 Å². The zero-order valence-corrected chi connectivity index (χ0v) is 14.3. The van der Waals surface area contributed by atoms with Crippen molar-refractivity contribution < 1.29 is 19.4 Å². The molecule has 1 heterocycles. The molecule has 25 heavy (non-hydrogen) atoms. The van der Waals surface area contributed by atoms with Gasteiger partial charge >= 0.3 is 5.97 Å². The number of hydrogen-bond acceptors (Lipinski definition) is 3. The number of para-hydroxylation sites is 1. The van der Waals surface area contributed by atoms with E-state index in [2.05, 4.69) is 5.32 Å². The largest absolute Gasteiger partial charge is 0.493 e. The van der Waals surface area contributed by atoms with E-state index < -0.39 is 11.4 Å². The molecule has 130 valence electrons. The molecule has 2 aromatic rings. The Morgan fingerprint density at radius 2 is 1.80 bits per heavy atom. The van der Waals surface area contributed by atoms with Crippen molar-refractivity contribution >= 4 is 17.6 Å². The molecule has 3 rings (SSSR count). The maximum absolute atomic E-state index is 12.7. The second kappa shape index (κ2) is 6.59. The molecule has 0 bridgehead atoms. The number of rotatable bonds is 4. The van der Waals surface area contributed by atoms with Crippen LogP contribution < -0.4 is 10.1 Å². The van der Waals surface area contributed by atoms with Gasteiger partial charge in [0.1, 0.15) is 5.75 Å². The number of carboxylic acid groups (broad SMARTS) is 1. The van der Waals surface area contributed by atoms with Gasteiger partial charge in [-0.05, 0) is 44.0 Å². The third-order valence-corrected chi connectivity index (χ3v) is 4.68. The number of nitrogens with one attached hydrogen (secondary N) is 1. The molecule has 2 N–H and O–H groups in total. The number of carboxylic acids is 1. The minimum Gasteiger partial charge on any atom is -0.493 e. The van der Waals surface area contributed by atoms with Crippen LogP contribution in [0.15, 0.2) is 48.5 Å². The van der Waals surface area contributed by atoms with Gasteiger partial charge in [0.25, 0.3) is 0 Å². The first kappa shape index (κ1) is 17.0. The lowest BCUT2D eigenvalue weighted by atomic mass is 9.85. The Balaban J connectivity index is 1.75. The molecule has 1 aliphatic heterocycles. The van der Waals surface area contributed by atoms with E-state index in [1.165, 1.54) is 0 Å². The molecule has 0 saturated heterocycles. The van der Waals surface area contributed by atoms with Crippen LogP contribution in [0.4, 0.5) is 5.69 Å². The van der Waals surface area contributed by atoms with Crippen LogP contribution in [0.25, 0.3) is 0 Å². The molecule has 2 aromatic carbocycles. The summed E-state index contributed by atoms with van der Waals surface area (Å²) in [5, 5.41) is 12.2. The van der Waals surface area contributed by atoms with Gasteiger partial charge in [-0.15, -0.1) is 0 Å². The van der Waals surface area contributed by atoms with Gasteiger partial charge in [-0.1, -0.05) is 30.3 Å². The number of aliphatic carboxylic acids is 1. The Morgan fingerprint density at radius 3 is 2.48 bits per heavy atom. The summed E-state index contributed by atoms with van der Waals surface area (Å²) in [5.74, 6) is -0.461. The van der Waals surface area contributed by atoms with Gasteiger partial charge in [0.05, 0.1) is 17.9 Å². The van der Waals surface area contributed by atoms with Crippen LogP contribution in [-0.4, -0.2) is 23.6 Å². The number of fused-ring (bicyclic) bond motifs is 1. The molecule has 0 spiro atoms. The fourth-order valence-corrected chi connectivity index (χ4v) is 2.94. The van der Waals surface area contributed by atoms with Crippen molar-refractivity contribution in [2.75, 3.05) is 11.9 Å². The van der Waals surface area contributed by atoms with Crippen molar-refractivity contribution in [2.45, 2.75) is 31.6 Å². The summed E-state index contributed by atoms with van der Waals surface area (Å²) in [5.41, 5.74) is 1.27. The highest BCUT2D eigenvalue weighted by Crippen LogP contribution is 2.34. The third-order valence-electron chi connectivity index (χ3n) is 4.68. The van der Waals surface area contributed by atoms with E-state index in [0.29, 0.717) is 24.3 Å². The average molecular weight is 339 g/mol. The molecule has 0 aliphatic carbocycles. The number of anilines is 1. The Labute approximate surface area is 146 Å². The lowest BCUT2D eigenvalue weighted by molar-refractivity contribution is -0.142. The van der Waals surface area contributed by atoms with Gasteiger partial charge in [-0.2, -0.15) is 0 Å². The normalized spacial score (nSPS) is 16.5. The second-order valence-electron chi connectivity index (χ2n) is 6.72. The van der Waals surface area contributed by atoms with Crippen molar-refractivity contribution in [1.82, 2.24) is 0 Å². The smallest absolute Gasteiger partial charge is 0.313 e. The number of amides is 1. The summed E-state index contributed by atoms with van der Waals surface area (Å²) in [6.45, 7) is 3.82. The van der Waals surface area contributed by atoms with E-state index >= 15 is 0 Å². The van der Waals surface area contributed by atoms with Crippen LogP contribution >= 0.6 is 0 Å². The monoisotopic (exact) mass is 339 g/mol. The minimum atomic E-state index is -0.970. The fraction of sp³-hybridized carbons (Fsp3) is 0.300. The quantitative estimate of drug-likeness (QED) is 0.893. The summed E-state index contributed by atoms with van der Waals surface area (Å²) >= 11 is 0. The molecule has 5 heteroatoms. The van der Waals surface area contributed by atoms with Crippen LogP contribution in [0, 0.1) is 0 Å². The second-order valence-corrected chi connectivity index (χ2v) is 6.72. The number of hydrogen-bond donors (Lipinski definition) is 2. The van der Waals surface area contributed by atoms with E-state index in [1.54, 1.807) is 38.1 Å². The van der Waals surface area contributed by atoms with Crippen LogP contribution in [0.5, 0.6) is 5.75 Å². The zero-order chi connectivity index (χ0) is 18.0. The van der Waals surface area contributed by atoms with Crippen LogP contribution in [0.1, 0.15) is 37.3 Å². The molecule has 0 saturated carbocycles. The number of ether oxygens (including phenoxy) is 1. The minimum absolute atomic E-state index is 0.0824. The molecule has 1 amide bonds. The molecular formula is C20H21NO4. The molecule has 1 atom stereocenters. The number of benzene rings is 2. The lowest BCUT2D eigenvalue weighted by Gasteiger charge is -2.25. The number of carbonyl (C=O) groups is 2. The lowest BCUT2D eigenvalue weighted by Crippen LogP contribution is -2.28. The molecule has 1 unspecified atom stereocenters. The topological polar surface area (TPSA) is 75.6 Å². The molecule has 5 nitrogen and oxygen atoms in total. The van der Waals surface area contributed by atoms with E-state index in [0.717, 1.165) is 11.3 Å². The third kappa shape index (κ3) is 3.36. The van der Waals surface area contributed by atoms with Gasteiger partial charge in [0.15, 0.2) is 0 Å². The summed E-state index contributed by atoms with van der Waals surface area (Å²) < 4.78 is 5.59. The average Bonchev–Trinajstić information content (AvgIpc) is 2.61. The van der Waals surface area contributed by atoms with Crippen molar-refractivity contribution in [2.24, 2.45) is 0 Å². The Bertz CT molecular complexity index is 796. The highest BCUT2D eigenvalue weighted by Gasteiger charge is 2.30. The first-order chi connectivity index (χ1) is 11.9. The zero-order valence-electron chi connectivity index (χ0n) is 14.3. The van der Waals surface area contributed by atoms with Crippen molar-refractivity contribution in [3.8, 4) is 5.75 Å². The van der Waals surface area contributed by atoms with Gasteiger partial charge in [0.2, 0.25) is 5.91 Å². The van der Waals surface area contributed by atoms with Gasteiger partial charge < -0.3 is 15.2 Å². The standard InChI is InChI=1S/C20H21NO4/c1-20(2,19(23)24)13-7-9-14(10-8-13)21-18(22)16-11-12-25-17-6-4-3-5-15(16)17/h3-10,16H,11-12H2,1-2H3,(H,21,22)(H,23,24). The summed E-state index contributed by atoms with van der Waals surface area (Å²) in [4.78, 5) is 24.0. The maximum Gasteiger partial charge on any atom is 0.313 e. The van der Waals surface area contributed by atoms with Crippen molar-refractivity contribution in [3.05, 3.63) is 59.7 Å². The molecule has 0 aromatic heterocycles. The first-order valence-corrected chi connectivity index (χ1v) is 8.26. The highest BCUT2D eigenvalue weighted by molar-refractivity contribution is 5.96. The molecular weight excluding hydrogens is 318 g/mol. The highest BCUT2D eigenvalue weighted by atomic mass is 16.5. The molecule has 1 aliphatic rings. The summed E-state index contributed by atoms with van der Waals surface area (Å²) in [7, 11) is 0. The van der Waals surface area contributed by atoms with E-state index in [1.807, 2.05) is 24.3 Å². The molecule has 0 fully saturated rings. The van der Waals surface area contributed by atoms with E-state index in [-0.39, 0.29) is 11.8 Å². The van der Waals surface area contributed by atoms with Gasteiger partial charge in [-0.3, -0.25) is 9.59 Å². The first-order valence-electron chi connectivity index (χ1n) is 8.26. The van der Waals surface area contributed by atoms with Crippen molar-refractivity contribution in [3.63, 3.8) is 0 Å². The summed E-state index contributed by atoms with van der Waals surface area (Å²) in [6, 6.07) is 14.5. The predicted octanol–water partition coefficient (Wildman–Crippen LogP) is 3.55. The van der Waals surface area contributed by atoms with Crippen molar-refractivity contribution in [1.29, 1.82) is 0 Å². The van der Waals surface area contributed by atoms with Crippen LogP contribution in [0.3, 0.4) is 0 Å². The predicted molar refractivity (Wildman–Crippen MR) is 95.0 cm³/mol. The van der Waals surface area contributed by atoms with E-state index in [9.17, 15) is 14.7 Å². The Kier molecular flexibility index (Phi) is 4.49. The van der Waals surface area contributed by atoms with Crippen LogP contribution in [0.2, 0.25) is 0 Å². The maximum atomic E-state index is 12.7. The fourth-order valence-electron chi connectivity index (χ4n) is 2.94. The van der Waals surface area contributed by atoms with Gasteiger partial charge in [0, 0.05) is 11.3 Å².